The molecule has 1 aliphatic rings. The Balaban J connectivity index is 1.98. The van der Waals surface area contributed by atoms with E-state index >= 15 is 0 Å². The van der Waals surface area contributed by atoms with Crippen molar-refractivity contribution in [3.05, 3.63) is 29.6 Å². The molecule has 94 valence electrons. The van der Waals surface area contributed by atoms with Crippen LogP contribution in [0, 0.1) is 5.92 Å². The van der Waals surface area contributed by atoms with Gasteiger partial charge in [-0.25, -0.2) is 0 Å². The van der Waals surface area contributed by atoms with Gasteiger partial charge in [-0.15, -0.1) is 0 Å². The summed E-state index contributed by atoms with van der Waals surface area (Å²) >= 11 is 0. The van der Waals surface area contributed by atoms with Crippen molar-refractivity contribution in [2.75, 3.05) is 6.54 Å². The molecule has 1 fully saturated rings. The van der Waals surface area contributed by atoms with Crippen molar-refractivity contribution in [2.24, 2.45) is 11.7 Å². The summed E-state index contributed by atoms with van der Waals surface area (Å²) in [4.78, 5) is 7.02. The van der Waals surface area contributed by atoms with Crippen molar-refractivity contribution in [1.82, 2.24) is 9.88 Å². The zero-order valence-corrected chi connectivity index (χ0v) is 10.9. The van der Waals surface area contributed by atoms with Gasteiger partial charge < -0.3 is 5.73 Å². The fourth-order valence-corrected chi connectivity index (χ4v) is 2.48. The van der Waals surface area contributed by atoms with Crippen molar-refractivity contribution in [1.29, 1.82) is 0 Å². The van der Waals surface area contributed by atoms with Gasteiger partial charge in [0.05, 0.1) is 5.69 Å². The highest BCUT2D eigenvalue weighted by atomic mass is 15.2. The van der Waals surface area contributed by atoms with Crippen molar-refractivity contribution in [3.8, 4) is 0 Å². The molecule has 1 aliphatic heterocycles. The number of hydrogen-bond donors (Lipinski definition) is 1. The molecule has 17 heavy (non-hydrogen) atoms. The first-order valence-corrected chi connectivity index (χ1v) is 6.57. The first-order valence-electron chi connectivity index (χ1n) is 6.57. The van der Waals surface area contributed by atoms with E-state index < -0.39 is 0 Å². The number of hydrogen-bond acceptors (Lipinski definition) is 3. The second-order valence-electron chi connectivity index (χ2n) is 5.32. The van der Waals surface area contributed by atoms with Crippen LogP contribution in [0.15, 0.2) is 18.3 Å². The number of rotatable bonds is 3. The van der Waals surface area contributed by atoms with Crippen LogP contribution in [0.25, 0.3) is 0 Å². The third-order valence-corrected chi connectivity index (χ3v) is 3.73. The topological polar surface area (TPSA) is 42.1 Å². The Labute approximate surface area is 104 Å². The molecule has 2 rings (SSSR count). The Morgan fingerprint density at radius 1 is 1.35 bits per heavy atom. The largest absolute Gasteiger partial charge is 0.326 e. The van der Waals surface area contributed by atoms with E-state index in [0.29, 0.717) is 12.6 Å². The van der Waals surface area contributed by atoms with Gasteiger partial charge in [-0.1, -0.05) is 13.0 Å². The van der Waals surface area contributed by atoms with E-state index in [0.717, 1.165) is 23.7 Å². The van der Waals surface area contributed by atoms with Gasteiger partial charge in [0.1, 0.15) is 0 Å². The summed E-state index contributed by atoms with van der Waals surface area (Å²) in [7, 11) is 0. The monoisotopic (exact) mass is 233 g/mol. The van der Waals surface area contributed by atoms with E-state index in [4.69, 9.17) is 5.73 Å². The van der Waals surface area contributed by atoms with Crippen LogP contribution in [-0.4, -0.2) is 22.5 Å². The number of likely N-dealkylation sites (tertiary alicyclic amines) is 1. The average molecular weight is 233 g/mol. The normalized spacial score (nSPS) is 26.1. The molecule has 0 saturated carbocycles. The predicted octanol–water partition coefficient (Wildman–Crippen LogP) is 2.16. The molecule has 0 bridgehead atoms. The lowest BCUT2D eigenvalue weighted by Gasteiger charge is -2.36. The van der Waals surface area contributed by atoms with Crippen LogP contribution < -0.4 is 5.73 Å². The van der Waals surface area contributed by atoms with Gasteiger partial charge >= 0.3 is 0 Å². The van der Waals surface area contributed by atoms with Crippen LogP contribution >= 0.6 is 0 Å². The van der Waals surface area contributed by atoms with Crippen molar-refractivity contribution in [2.45, 2.75) is 45.8 Å². The second kappa shape index (κ2) is 5.61. The summed E-state index contributed by atoms with van der Waals surface area (Å²) in [6.45, 7) is 7.40. The Bertz CT molecular complexity index is 347. The van der Waals surface area contributed by atoms with Crippen LogP contribution in [0.3, 0.4) is 0 Å². The van der Waals surface area contributed by atoms with Gasteiger partial charge in [-0.2, -0.15) is 0 Å². The lowest BCUT2D eigenvalue weighted by atomic mass is 9.95. The molecule has 0 spiro atoms. The van der Waals surface area contributed by atoms with Crippen molar-refractivity contribution < 1.29 is 0 Å². The standard InChI is InChI=1S/C14H23N3/c1-11-3-4-12(2)17(9-11)10-14-6-5-13(7-15)8-16-14/h5-6,8,11-12H,3-4,7,9-10,15H2,1-2H3. The molecule has 2 atom stereocenters. The first kappa shape index (κ1) is 12.5. The van der Waals surface area contributed by atoms with Gasteiger partial charge in [0.25, 0.3) is 0 Å². The molecule has 2 unspecified atom stereocenters. The van der Waals surface area contributed by atoms with E-state index in [9.17, 15) is 0 Å². The summed E-state index contributed by atoms with van der Waals surface area (Å²) in [6, 6.07) is 4.87. The molecule has 0 aliphatic carbocycles. The zero-order valence-electron chi connectivity index (χ0n) is 10.9. The highest BCUT2D eigenvalue weighted by Gasteiger charge is 2.22. The molecule has 0 amide bonds. The average Bonchev–Trinajstić information content (AvgIpc) is 2.35. The number of nitrogens with zero attached hydrogens (tertiary/aromatic N) is 2. The van der Waals surface area contributed by atoms with E-state index in [1.54, 1.807) is 0 Å². The summed E-state index contributed by atoms with van der Waals surface area (Å²) in [5, 5.41) is 0. The number of aromatic nitrogens is 1. The molecule has 1 saturated heterocycles. The minimum atomic E-state index is 0.574. The summed E-state index contributed by atoms with van der Waals surface area (Å²) in [5.74, 6) is 0.814. The van der Waals surface area contributed by atoms with E-state index in [1.165, 1.54) is 19.4 Å². The van der Waals surface area contributed by atoms with E-state index in [1.807, 2.05) is 6.20 Å². The van der Waals surface area contributed by atoms with Crippen molar-refractivity contribution >= 4 is 0 Å². The second-order valence-corrected chi connectivity index (χ2v) is 5.32. The van der Waals surface area contributed by atoms with Crippen molar-refractivity contribution in [3.63, 3.8) is 0 Å². The molecule has 1 aromatic rings. The van der Waals surface area contributed by atoms with Gasteiger partial charge in [0.2, 0.25) is 0 Å². The quantitative estimate of drug-likeness (QED) is 0.870. The van der Waals surface area contributed by atoms with Crippen LogP contribution in [0.4, 0.5) is 0 Å². The smallest absolute Gasteiger partial charge is 0.0544 e. The third kappa shape index (κ3) is 3.27. The fourth-order valence-electron chi connectivity index (χ4n) is 2.48. The molecule has 3 heteroatoms. The maximum Gasteiger partial charge on any atom is 0.0544 e. The number of nitrogens with two attached hydrogens (primary N) is 1. The fraction of sp³-hybridized carbons (Fsp3) is 0.643. The lowest BCUT2D eigenvalue weighted by Crippen LogP contribution is -2.40. The zero-order chi connectivity index (χ0) is 12.3. The van der Waals surface area contributed by atoms with Crippen LogP contribution in [0.1, 0.15) is 37.9 Å². The minimum Gasteiger partial charge on any atom is -0.326 e. The van der Waals surface area contributed by atoms with E-state index in [-0.39, 0.29) is 0 Å². The Morgan fingerprint density at radius 3 is 2.82 bits per heavy atom. The van der Waals surface area contributed by atoms with Gasteiger partial charge in [0.15, 0.2) is 0 Å². The molecule has 2 N–H and O–H groups in total. The molecular formula is C14H23N3. The number of piperidine rings is 1. The maximum absolute atomic E-state index is 5.57. The van der Waals surface area contributed by atoms with E-state index in [2.05, 4.69) is 35.9 Å². The molecule has 0 aromatic carbocycles. The first-order chi connectivity index (χ1) is 8.19. The lowest BCUT2D eigenvalue weighted by molar-refractivity contribution is 0.116. The third-order valence-electron chi connectivity index (χ3n) is 3.73. The van der Waals surface area contributed by atoms with Gasteiger partial charge in [-0.3, -0.25) is 9.88 Å². The Hall–Kier alpha value is -0.930. The van der Waals surface area contributed by atoms with Gasteiger partial charge in [0, 0.05) is 31.9 Å². The summed E-state index contributed by atoms with van der Waals surface area (Å²) < 4.78 is 0. The molecular weight excluding hydrogens is 210 g/mol. The number of pyridine rings is 1. The Morgan fingerprint density at radius 2 is 2.18 bits per heavy atom. The highest BCUT2D eigenvalue weighted by molar-refractivity contribution is 5.13. The summed E-state index contributed by atoms with van der Waals surface area (Å²) in [5.41, 5.74) is 7.84. The predicted molar refractivity (Wildman–Crippen MR) is 70.4 cm³/mol. The molecule has 1 aromatic heterocycles. The van der Waals surface area contributed by atoms with Crippen LogP contribution in [0.2, 0.25) is 0 Å². The SMILES string of the molecule is CC1CCC(C)N(Cc2ccc(CN)cn2)C1. The Kier molecular flexibility index (Phi) is 4.13. The highest BCUT2D eigenvalue weighted by Crippen LogP contribution is 2.22. The minimum absolute atomic E-state index is 0.574. The van der Waals surface area contributed by atoms with Crippen LogP contribution in [0.5, 0.6) is 0 Å². The maximum atomic E-state index is 5.57. The molecule has 3 nitrogen and oxygen atoms in total. The molecule has 2 heterocycles. The van der Waals surface area contributed by atoms with Crippen LogP contribution in [-0.2, 0) is 13.1 Å². The summed E-state index contributed by atoms with van der Waals surface area (Å²) in [6.07, 6.45) is 4.56. The molecule has 0 radical (unpaired) electrons. The van der Waals surface area contributed by atoms with Gasteiger partial charge in [-0.05, 0) is 37.3 Å².